The summed E-state index contributed by atoms with van der Waals surface area (Å²) in [4.78, 5) is 15.1. The fourth-order valence-corrected chi connectivity index (χ4v) is 2.26. The molecule has 0 bridgehead atoms. The Hall–Kier alpha value is -1.21. The molecule has 2 rings (SSSR count). The molecule has 0 amide bonds. The lowest BCUT2D eigenvalue weighted by atomic mass is 10.1. The van der Waals surface area contributed by atoms with Gasteiger partial charge in [-0.2, -0.15) is 13.2 Å². The zero-order valence-electron chi connectivity index (χ0n) is 8.66. The fraction of sp³-hybridized carbons (Fsp3) is 0.0909. The van der Waals surface area contributed by atoms with Crippen molar-refractivity contribution in [2.24, 2.45) is 0 Å². The van der Waals surface area contributed by atoms with Gasteiger partial charge in [0, 0.05) is 16.2 Å². The van der Waals surface area contributed by atoms with Crippen molar-refractivity contribution < 1.29 is 18.0 Å². The van der Waals surface area contributed by atoms with E-state index in [1.807, 2.05) is 0 Å². The quantitative estimate of drug-likeness (QED) is 0.771. The zero-order chi connectivity index (χ0) is 13.3. The normalized spacial score (nSPS) is 11.6. The Morgan fingerprint density at radius 1 is 1.22 bits per heavy atom. The largest absolute Gasteiger partial charge is 0.443 e. The Balaban J connectivity index is 2.29. The Kier molecular flexibility index (Phi) is 3.54. The lowest BCUT2D eigenvalue weighted by molar-refractivity contribution is -0.137. The average Bonchev–Trinajstić information content (AvgIpc) is 2.78. The number of nitrogens with zero attached hydrogens (tertiary/aromatic N) is 1. The van der Waals surface area contributed by atoms with Gasteiger partial charge in [0.05, 0.1) is 4.88 Å². The third-order valence-corrected chi connectivity index (χ3v) is 3.65. The van der Waals surface area contributed by atoms with Gasteiger partial charge >= 0.3 is 6.18 Å². The van der Waals surface area contributed by atoms with E-state index < -0.39 is 17.0 Å². The van der Waals surface area contributed by atoms with Gasteiger partial charge in [-0.25, -0.2) is 4.98 Å². The molecule has 0 spiro atoms. The van der Waals surface area contributed by atoms with Crippen LogP contribution in [0.4, 0.5) is 13.2 Å². The monoisotopic (exact) mass is 335 g/mol. The number of halogens is 4. The van der Waals surface area contributed by atoms with Crippen LogP contribution < -0.4 is 0 Å². The predicted molar refractivity (Wildman–Crippen MR) is 64.7 cm³/mol. The molecule has 1 aromatic carbocycles. The molecule has 0 saturated heterocycles. The minimum Gasteiger partial charge on any atom is -0.288 e. The maximum atomic E-state index is 12.4. The molecule has 0 radical (unpaired) electrons. The van der Waals surface area contributed by atoms with Crippen LogP contribution in [-0.4, -0.2) is 10.8 Å². The Morgan fingerprint density at radius 3 is 2.33 bits per heavy atom. The van der Waals surface area contributed by atoms with Crippen molar-refractivity contribution in [1.82, 2.24) is 4.98 Å². The summed E-state index contributed by atoms with van der Waals surface area (Å²) in [5, 5.41) is -1.01. The molecule has 0 fully saturated rings. The molecule has 0 aliphatic heterocycles. The molecule has 1 heterocycles. The first kappa shape index (κ1) is 13.2. The van der Waals surface area contributed by atoms with Crippen LogP contribution >= 0.6 is 27.3 Å². The molecule has 0 aliphatic rings. The summed E-state index contributed by atoms with van der Waals surface area (Å²) in [6.45, 7) is 0. The van der Waals surface area contributed by atoms with E-state index in [1.54, 1.807) is 24.3 Å². The zero-order valence-corrected chi connectivity index (χ0v) is 11.1. The molecule has 0 aliphatic carbocycles. The molecule has 0 N–H and O–H groups in total. The van der Waals surface area contributed by atoms with Crippen LogP contribution in [0.15, 0.2) is 34.9 Å². The average molecular weight is 336 g/mol. The number of carbonyl (C=O) groups is 1. The fourth-order valence-electron chi connectivity index (χ4n) is 1.25. The minimum absolute atomic E-state index is 0.0235. The Morgan fingerprint density at radius 2 is 1.83 bits per heavy atom. The van der Waals surface area contributed by atoms with E-state index in [0.29, 0.717) is 16.9 Å². The molecule has 1 aromatic heterocycles. The van der Waals surface area contributed by atoms with E-state index in [2.05, 4.69) is 20.9 Å². The first-order valence-corrected chi connectivity index (χ1v) is 6.32. The molecular formula is C11H5BrF3NOS. The Bertz CT molecular complexity index is 577. The van der Waals surface area contributed by atoms with E-state index in [9.17, 15) is 18.0 Å². The van der Waals surface area contributed by atoms with Crippen molar-refractivity contribution in [3.05, 3.63) is 50.4 Å². The summed E-state index contributed by atoms with van der Waals surface area (Å²) in [5.74, 6) is -0.462. The number of hydrogen-bond acceptors (Lipinski definition) is 3. The number of rotatable bonds is 2. The van der Waals surface area contributed by atoms with Crippen molar-refractivity contribution in [3.8, 4) is 0 Å². The van der Waals surface area contributed by atoms with Crippen LogP contribution in [0.2, 0.25) is 0 Å². The number of carbonyl (C=O) groups excluding carboxylic acids is 1. The van der Waals surface area contributed by atoms with E-state index >= 15 is 0 Å². The number of alkyl halides is 3. The van der Waals surface area contributed by atoms with Gasteiger partial charge in [-0.1, -0.05) is 15.9 Å². The van der Waals surface area contributed by atoms with Gasteiger partial charge in [0.15, 0.2) is 5.01 Å². The highest BCUT2D eigenvalue weighted by molar-refractivity contribution is 9.10. The van der Waals surface area contributed by atoms with Crippen LogP contribution in [0.1, 0.15) is 20.2 Å². The van der Waals surface area contributed by atoms with Crippen LogP contribution in [-0.2, 0) is 6.18 Å². The molecule has 94 valence electrons. The first-order valence-electron chi connectivity index (χ1n) is 4.71. The highest BCUT2D eigenvalue weighted by Crippen LogP contribution is 2.33. The molecule has 0 unspecified atom stereocenters. The van der Waals surface area contributed by atoms with E-state index in [4.69, 9.17) is 0 Å². The lowest BCUT2D eigenvalue weighted by Crippen LogP contribution is -2.03. The SMILES string of the molecule is O=C(c1ccc(Br)cc1)c1cnc(C(F)(F)F)s1. The smallest absolute Gasteiger partial charge is 0.288 e. The van der Waals surface area contributed by atoms with Crippen LogP contribution in [0.5, 0.6) is 0 Å². The summed E-state index contributed by atoms with van der Waals surface area (Å²) in [6, 6.07) is 6.39. The molecule has 2 nitrogen and oxygen atoms in total. The second-order valence-electron chi connectivity index (χ2n) is 3.36. The van der Waals surface area contributed by atoms with Gasteiger partial charge in [0.1, 0.15) is 0 Å². The molecule has 0 saturated carbocycles. The summed E-state index contributed by atoms with van der Waals surface area (Å²) < 4.78 is 37.8. The second-order valence-corrected chi connectivity index (χ2v) is 5.31. The molecule has 0 atom stereocenters. The summed E-state index contributed by atoms with van der Waals surface area (Å²) in [7, 11) is 0. The molecule has 7 heteroatoms. The van der Waals surface area contributed by atoms with Crippen LogP contribution in [0.25, 0.3) is 0 Å². The summed E-state index contributed by atoms with van der Waals surface area (Å²) in [5.41, 5.74) is 0.329. The topological polar surface area (TPSA) is 30.0 Å². The number of thiazole rings is 1. The summed E-state index contributed by atoms with van der Waals surface area (Å²) >= 11 is 3.56. The predicted octanol–water partition coefficient (Wildman–Crippen LogP) is 4.16. The van der Waals surface area contributed by atoms with Crippen molar-refractivity contribution >= 4 is 33.0 Å². The van der Waals surface area contributed by atoms with Crippen molar-refractivity contribution in [3.63, 3.8) is 0 Å². The standard InChI is InChI=1S/C11H5BrF3NOS/c12-7-3-1-6(2-4-7)9(17)8-5-16-10(18-8)11(13,14)15/h1-5H. The highest BCUT2D eigenvalue weighted by Gasteiger charge is 2.35. The number of benzene rings is 1. The van der Waals surface area contributed by atoms with E-state index in [-0.39, 0.29) is 4.88 Å². The Labute approximate surface area is 113 Å². The first-order chi connectivity index (χ1) is 8.38. The van der Waals surface area contributed by atoms with Gasteiger partial charge in [0.2, 0.25) is 5.78 Å². The van der Waals surface area contributed by atoms with Gasteiger partial charge in [-0.05, 0) is 24.3 Å². The number of aromatic nitrogens is 1. The maximum absolute atomic E-state index is 12.4. The molecule has 2 aromatic rings. The summed E-state index contributed by atoms with van der Waals surface area (Å²) in [6.07, 6.45) is -3.55. The van der Waals surface area contributed by atoms with Crippen molar-refractivity contribution in [2.75, 3.05) is 0 Å². The van der Waals surface area contributed by atoms with Gasteiger partial charge in [-0.15, -0.1) is 11.3 Å². The molecular weight excluding hydrogens is 331 g/mol. The van der Waals surface area contributed by atoms with Crippen molar-refractivity contribution in [2.45, 2.75) is 6.18 Å². The van der Waals surface area contributed by atoms with Gasteiger partial charge in [-0.3, -0.25) is 4.79 Å². The van der Waals surface area contributed by atoms with Crippen LogP contribution in [0.3, 0.4) is 0 Å². The second kappa shape index (κ2) is 4.81. The molecule has 18 heavy (non-hydrogen) atoms. The minimum atomic E-state index is -4.51. The highest BCUT2D eigenvalue weighted by atomic mass is 79.9. The van der Waals surface area contributed by atoms with Crippen molar-refractivity contribution in [1.29, 1.82) is 0 Å². The van der Waals surface area contributed by atoms with E-state index in [1.165, 1.54) is 0 Å². The third kappa shape index (κ3) is 2.78. The number of ketones is 1. The van der Waals surface area contributed by atoms with E-state index in [0.717, 1.165) is 10.7 Å². The third-order valence-electron chi connectivity index (χ3n) is 2.08. The number of hydrogen-bond donors (Lipinski definition) is 0. The van der Waals surface area contributed by atoms with Gasteiger partial charge < -0.3 is 0 Å². The maximum Gasteiger partial charge on any atom is 0.443 e. The van der Waals surface area contributed by atoms with Gasteiger partial charge in [0.25, 0.3) is 0 Å². The lowest BCUT2D eigenvalue weighted by Gasteiger charge is -1.99. The van der Waals surface area contributed by atoms with Crippen LogP contribution in [0, 0.1) is 0 Å².